The lowest BCUT2D eigenvalue weighted by Crippen LogP contribution is -2.06. The summed E-state index contributed by atoms with van der Waals surface area (Å²) < 4.78 is 12.5. The highest BCUT2D eigenvalue weighted by Gasteiger charge is 2.18. The Labute approximate surface area is 188 Å². The van der Waals surface area contributed by atoms with Gasteiger partial charge in [-0.15, -0.1) is 11.3 Å². The lowest BCUT2D eigenvalue weighted by molar-refractivity contribution is 0.316. The maximum absolute atomic E-state index is 5.80. The lowest BCUT2D eigenvalue weighted by atomic mass is 10.0. The molecule has 7 nitrogen and oxygen atoms in total. The number of nitrogens with one attached hydrogen (secondary N) is 1. The molecule has 0 unspecified atom stereocenters. The van der Waals surface area contributed by atoms with E-state index in [4.69, 9.17) is 20.2 Å². The van der Waals surface area contributed by atoms with Gasteiger partial charge in [0.2, 0.25) is 5.95 Å². The van der Waals surface area contributed by atoms with E-state index in [0.717, 1.165) is 49.5 Å². The number of methoxy groups -OCH3 is 1. The molecule has 3 N–H and O–H groups in total. The molecule has 0 atom stereocenters. The second-order valence-electron chi connectivity index (χ2n) is 6.33. The monoisotopic (exact) mass is 489 g/mol. The van der Waals surface area contributed by atoms with Gasteiger partial charge >= 0.3 is 0 Å². The van der Waals surface area contributed by atoms with Gasteiger partial charge in [-0.25, -0.2) is 9.97 Å². The van der Waals surface area contributed by atoms with Crippen LogP contribution in [0.5, 0.6) is 11.5 Å². The Balaban J connectivity index is 2.02. The summed E-state index contributed by atoms with van der Waals surface area (Å²) in [5, 5.41) is 4.00. The topological polar surface area (TPSA) is 94.7 Å². The van der Waals surface area contributed by atoms with E-state index in [0.29, 0.717) is 18.3 Å². The highest BCUT2D eigenvalue weighted by molar-refractivity contribution is 9.09. The van der Waals surface area contributed by atoms with Crippen molar-refractivity contribution >= 4 is 49.6 Å². The largest absolute Gasteiger partial charge is 0.496 e. The molecule has 0 bridgehead atoms. The number of hydrogen-bond donors (Lipinski definition) is 2. The fraction of sp³-hybridized carbons (Fsp3) is 0.286. The molecule has 0 aliphatic carbocycles. The minimum Gasteiger partial charge on any atom is -0.496 e. The van der Waals surface area contributed by atoms with Crippen LogP contribution in [0.4, 0.5) is 5.95 Å². The van der Waals surface area contributed by atoms with Crippen LogP contribution < -0.4 is 20.5 Å². The van der Waals surface area contributed by atoms with Crippen LogP contribution in [0.25, 0.3) is 21.3 Å². The molecule has 0 spiro atoms. The highest BCUT2D eigenvalue weighted by atomic mass is 79.9. The van der Waals surface area contributed by atoms with Crippen molar-refractivity contribution in [3.63, 3.8) is 0 Å². The number of aliphatic imine (C=N–C) groups is 1. The van der Waals surface area contributed by atoms with E-state index in [1.807, 2.05) is 24.4 Å². The van der Waals surface area contributed by atoms with Crippen LogP contribution in [0.3, 0.4) is 0 Å². The SMILES string of the molecule is CN=CC(=CN)Nc1ncc2sc(C)c(-c3ccc(OCCCBr)cc3OC)c2n1. The van der Waals surface area contributed by atoms with E-state index < -0.39 is 0 Å². The maximum atomic E-state index is 5.80. The van der Waals surface area contributed by atoms with Gasteiger partial charge in [0.1, 0.15) is 11.5 Å². The van der Waals surface area contributed by atoms with Gasteiger partial charge in [-0.3, -0.25) is 4.99 Å². The summed E-state index contributed by atoms with van der Waals surface area (Å²) in [5.74, 6) is 1.97. The van der Waals surface area contributed by atoms with E-state index in [2.05, 4.69) is 38.1 Å². The molecular formula is C21H24BrN5O2S. The van der Waals surface area contributed by atoms with E-state index in [1.54, 1.807) is 31.7 Å². The van der Waals surface area contributed by atoms with Gasteiger partial charge < -0.3 is 20.5 Å². The van der Waals surface area contributed by atoms with Crippen LogP contribution in [0.15, 0.2) is 41.3 Å². The molecule has 3 rings (SSSR count). The Morgan fingerprint density at radius 2 is 2.23 bits per heavy atom. The molecule has 9 heteroatoms. The standard InChI is InChI=1S/C21H24BrN5O2S/c1-13-19(16-6-5-15(9-17(16)28-3)29-8-4-7-22)20-18(30-13)12-25-21(27-20)26-14(10-23)11-24-2/h5-6,9-12H,4,7-8,23H2,1-3H3,(H,25,26,27). The number of benzene rings is 1. The first-order valence-electron chi connectivity index (χ1n) is 9.35. The first-order valence-corrected chi connectivity index (χ1v) is 11.3. The number of ether oxygens (including phenoxy) is 2. The molecule has 3 aromatic rings. The fourth-order valence-electron chi connectivity index (χ4n) is 2.98. The molecule has 2 heterocycles. The third-order valence-electron chi connectivity index (χ3n) is 4.30. The van der Waals surface area contributed by atoms with Gasteiger partial charge in [0.05, 0.1) is 35.8 Å². The highest BCUT2D eigenvalue weighted by Crippen LogP contribution is 2.42. The van der Waals surface area contributed by atoms with E-state index in [1.165, 1.54) is 6.20 Å². The number of aromatic nitrogens is 2. The minimum atomic E-state index is 0.451. The first kappa shape index (κ1) is 22.0. The molecule has 0 radical (unpaired) electrons. The summed E-state index contributed by atoms with van der Waals surface area (Å²) >= 11 is 5.06. The number of hydrogen-bond acceptors (Lipinski definition) is 8. The van der Waals surface area contributed by atoms with Crippen molar-refractivity contribution in [1.29, 1.82) is 0 Å². The van der Waals surface area contributed by atoms with Crippen LogP contribution in [0, 0.1) is 6.92 Å². The normalized spacial score (nSPS) is 11.9. The predicted molar refractivity (Wildman–Crippen MR) is 128 cm³/mol. The number of aryl methyl sites for hydroxylation is 1. The Hall–Kier alpha value is -2.65. The molecule has 2 aromatic heterocycles. The molecule has 0 fully saturated rings. The van der Waals surface area contributed by atoms with Crippen LogP contribution >= 0.6 is 27.3 Å². The van der Waals surface area contributed by atoms with Crippen molar-refractivity contribution in [2.24, 2.45) is 10.7 Å². The molecule has 0 aliphatic heterocycles. The molecule has 0 saturated carbocycles. The van der Waals surface area contributed by atoms with Crippen molar-refractivity contribution < 1.29 is 9.47 Å². The quantitative estimate of drug-likeness (QED) is 0.255. The zero-order valence-corrected chi connectivity index (χ0v) is 19.5. The molecule has 0 amide bonds. The Bertz CT molecular complexity index is 1080. The smallest absolute Gasteiger partial charge is 0.227 e. The maximum Gasteiger partial charge on any atom is 0.227 e. The van der Waals surface area contributed by atoms with Gasteiger partial charge in [0.15, 0.2) is 0 Å². The summed E-state index contributed by atoms with van der Waals surface area (Å²) in [6.07, 6.45) is 5.79. The van der Waals surface area contributed by atoms with E-state index >= 15 is 0 Å². The average Bonchev–Trinajstić information content (AvgIpc) is 3.08. The van der Waals surface area contributed by atoms with Gasteiger partial charge in [-0.05, 0) is 25.5 Å². The Morgan fingerprint density at radius 3 is 2.93 bits per heavy atom. The summed E-state index contributed by atoms with van der Waals surface area (Å²) in [7, 11) is 3.34. The summed E-state index contributed by atoms with van der Waals surface area (Å²) in [5.41, 5.74) is 9.09. The number of rotatable bonds is 9. The second kappa shape index (κ2) is 10.4. The summed E-state index contributed by atoms with van der Waals surface area (Å²) in [6.45, 7) is 2.72. The number of fused-ring (bicyclic) bond motifs is 1. The number of alkyl halides is 1. The molecule has 158 valence electrons. The first-order chi connectivity index (χ1) is 14.6. The van der Waals surface area contributed by atoms with Crippen molar-refractivity contribution in [3.8, 4) is 22.6 Å². The van der Waals surface area contributed by atoms with Crippen molar-refractivity contribution in [1.82, 2.24) is 9.97 Å². The van der Waals surface area contributed by atoms with Crippen LogP contribution in [-0.4, -0.2) is 42.3 Å². The van der Waals surface area contributed by atoms with Crippen molar-refractivity contribution in [2.45, 2.75) is 13.3 Å². The van der Waals surface area contributed by atoms with Gasteiger partial charge in [0.25, 0.3) is 0 Å². The van der Waals surface area contributed by atoms with Crippen LogP contribution in [-0.2, 0) is 0 Å². The third-order valence-corrected chi connectivity index (χ3v) is 5.89. The van der Waals surface area contributed by atoms with Crippen LogP contribution in [0.1, 0.15) is 11.3 Å². The minimum absolute atomic E-state index is 0.451. The van der Waals surface area contributed by atoms with E-state index in [-0.39, 0.29) is 0 Å². The molecular weight excluding hydrogens is 466 g/mol. The van der Waals surface area contributed by atoms with Gasteiger partial charge in [-0.1, -0.05) is 15.9 Å². The fourth-order valence-corrected chi connectivity index (χ4v) is 4.20. The lowest BCUT2D eigenvalue weighted by Gasteiger charge is -2.12. The van der Waals surface area contributed by atoms with Crippen LogP contribution in [0.2, 0.25) is 0 Å². The Morgan fingerprint density at radius 1 is 1.40 bits per heavy atom. The van der Waals surface area contributed by atoms with Gasteiger partial charge in [-0.2, -0.15) is 0 Å². The third kappa shape index (κ3) is 4.91. The van der Waals surface area contributed by atoms with Gasteiger partial charge in [0, 0.05) is 46.9 Å². The molecule has 0 aliphatic rings. The number of nitrogens with two attached hydrogens (primary N) is 1. The summed E-state index contributed by atoms with van der Waals surface area (Å²) in [4.78, 5) is 14.2. The number of thiophene rings is 1. The number of halogens is 1. The molecule has 0 saturated heterocycles. The number of nitrogens with zero attached hydrogens (tertiary/aromatic N) is 3. The molecule has 30 heavy (non-hydrogen) atoms. The zero-order chi connectivity index (χ0) is 21.5. The average molecular weight is 490 g/mol. The predicted octanol–water partition coefficient (Wildman–Crippen LogP) is 4.75. The second-order valence-corrected chi connectivity index (χ2v) is 8.38. The molecule has 1 aromatic carbocycles. The van der Waals surface area contributed by atoms with Crippen molar-refractivity contribution in [3.05, 3.63) is 41.2 Å². The number of anilines is 1. The Kier molecular flexibility index (Phi) is 7.64. The zero-order valence-electron chi connectivity index (χ0n) is 17.1. The summed E-state index contributed by atoms with van der Waals surface area (Å²) in [6, 6.07) is 5.89. The number of allylic oxidation sites excluding steroid dienone is 1. The van der Waals surface area contributed by atoms with E-state index in [9.17, 15) is 0 Å². The van der Waals surface area contributed by atoms with Crippen molar-refractivity contribution in [2.75, 3.05) is 31.4 Å².